The fourth-order valence-electron chi connectivity index (χ4n) is 2.00. The lowest BCUT2D eigenvalue weighted by molar-refractivity contribution is -0.136. The van der Waals surface area contributed by atoms with Crippen molar-refractivity contribution in [3.8, 4) is 0 Å². The number of nitrogens with two attached hydrogens (primary N) is 1. The number of halogens is 1. The van der Waals surface area contributed by atoms with Gasteiger partial charge in [-0.1, -0.05) is 0 Å². The summed E-state index contributed by atoms with van der Waals surface area (Å²) in [6.07, 6.45) is 2.13. The molecule has 0 aromatic heterocycles. The second-order valence-electron chi connectivity index (χ2n) is 3.44. The van der Waals surface area contributed by atoms with Crippen LogP contribution in [-0.2, 0) is 4.79 Å². The SMILES string of the molecule is Cl.NN1CN2CCCC2=C1CC(=O)O. The highest BCUT2D eigenvalue weighted by Crippen LogP contribution is 2.31. The smallest absolute Gasteiger partial charge is 0.309 e. The Balaban J connectivity index is 0.000000980. The Hall–Kier alpha value is -0.940. The van der Waals surface area contributed by atoms with Gasteiger partial charge in [0.15, 0.2) is 0 Å². The number of carboxylic acid groups (broad SMARTS) is 1. The molecule has 0 bridgehead atoms. The molecule has 2 aliphatic rings. The van der Waals surface area contributed by atoms with Gasteiger partial charge in [-0.05, 0) is 12.8 Å². The van der Waals surface area contributed by atoms with Crippen molar-refractivity contribution in [3.63, 3.8) is 0 Å². The van der Waals surface area contributed by atoms with Crippen molar-refractivity contribution >= 4 is 18.4 Å². The Morgan fingerprint density at radius 3 is 2.93 bits per heavy atom. The number of nitrogens with zero attached hydrogens (tertiary/aromatic N) is 2. The summed E-state index contributed by atoms with van der Waals surface area (Å²) in [5, 5.41) is 10.2. The molecule has 0 saturated carbocycles. The van der Waals surface area contributed by atoms with Crippen molar-refractivity contribution in [1.29, 1.82) is 0 Å². The quantitative estimate of drug-likeness (QED) is 0.656. The van der Waals surface area contributed by atoms with Crippen molar-refractivity contribution in [3.05, 3.63) is 11.4 Å². The lowest BCUT2D eigenvalue weighted by Gasteiger charge is -2.16. The van der Waals surface area contributed by atoms with E-state index in [1.807, 2.05) is 0 Å². The van der Waals surface area contributed by atoms with Gasteiger partial charge in [-0.15, -0.1) is 12.4 Å². The van der Waals surface area contributed by atoms with Crippen molar-refractivity contribution in [2.24, 2.45) is 5.84 Å². The molecule has 0 aromatic rings. The van der Waals surface area contributed by atoms with Gasteiger partial charge < -0.3 is 10.0 Å². The topological polar surface area (TPSA) is 69.8 Å². The molecule has 1 saturated heterocycles. The number of aliphatic carboxylic acids is 1. The van der Waals surface area contributed by atoms with E-state index >= 15 is 0 Å². The lowest BCUT2D eigenvalue weighted by Crippen LogP contribution is -2.33. The van der Waals surface area contributed by atoms with Gasteiger partial charge in [0, 0.05) is 12.2 Å². The third kappa shape index (κ3) is 1.78. The number of hydrogen-bond acceptors (Lipinski definition) is 4. The molecule has 0 aromatic carbocycles. The van der Waals surface area contributed by atoms with Crippen LogP contribution in [0.4, 0.5) is 0 Å². The van der Waals surface area contributed by atoms with Gasteiger partial charge in [-0.2, -0.15) is 0 Å². The summed E-state index contributed by atoms with van der Waals surface area (Å²) in [6.45, 7) is 1.66. The molecule has 0 aliphatic carbocycles. The van der Waals surface area contributed by atoms with Gasteiger partial charge in [0.05, 0.1) is 12.1 Å². The van der Waals surface area contributed by atoms with Crippen LogP contribution in [0.1, 0.15) is 19.3 Å². The van der Waals surface area contributed by atoms with Gasteiger partial charge in [-0.3, -0.25) is 9.80 Å². The summed E-state index contributed by atoms with van der Waals surface area (Å²) in [5.74, 6) is 4.87. The molecule has 0 amide bonds. The second-order valence-corrected chi connectivity index (χ2v) is 3.44. The zero-order chi connectivity index (χ0) is 9.42. The number of carbonyl (C=O) groups is 1. The van der Waals surface area contributed by atoms with Crippen LogP contribution in [0.5, 0.6) is 0 Å². The first-order valence-corrected chi connectivity index (χ1v) is 4.39. The maximum absolute atomic E-state index is 10.6. The Kier molecular flexibility index (Phi) is 3.23. The molecule has 6 heteroatoms. The molecule has 2 aliphatic heterocycles. The van der Waals surface area contributed by atoms with Crippen molar-refractivity contribution in [2.75, 3.05) is 13.2 Å². The molecule has 0 spiro atoms. The minimum absolute atomic E-state index is 0. The first-order valence-electron chi connectivity index (χ1n) is 4.39. The molecule has 2 rings (SSSR count). The molecule has 1 fully saturated rings. The molecule has 14 heavy (non-hydrogen) atoms. The number of hydrogen-bond donors (Lipinski definition) is 2. The molecule has 0 atom stereocenters. The fourth-order valence-corrected chi connectivity index (χ4v) is 2.00. The van der Waals surface area contributed by atoms with Gasteiger partial charge in [0.2, 0.25) is 0 Å². The zero-order valence-electron chi connectivity index (χ0n) is 7.77. The van der Waals surface area contributed by atoms with Gasteiger partial charge >= 0.3 is 5.97 Å². The van der Waals surface area contributed by atoms with Crippen LogP contribution in [0.25, 0.3) is 0 Å². The molecule has 0 unspecified atom stereocenters. The van der Waals surface area contributed by atoms with E-state index in [0.29, 0.717) is 6.67 Å². The maximum Gasteiger partial charge on any atom is 0.309 e. The molecule has 80 valence electrons. The van der Waals surface area contributed by atoms with E-state index in [0.717, 1.165) is 30.8 Å². The van der Waals surface area contributed by atoms with E-state index in [1.165, 1.54) is 0 Å². The number of rotatable bonds is 2. The number of carboxylic acids is 1. The third-order valence-corrected chi connectivity index (χ3v) is 2.54. The van der Waals surface area contributed by atoms with E-state index < -0.39 is 5.97 Å². The monoisotopic (exact) mass is 219 g/mol. The van der Waals surface area contributed by atoms with Crippen LogP contribution in [0.3, 0.4) is 0 Å². The van der Waals surface area contributed by atoms with Gasteiger partial charge in [0.25, 0.3) is 0 Å². The third-order valence-electron chi connectivity index (χ3n) is 2.54. The van der Waals surface area contributed by atoms with E-state index in [2.05, 4.69) is 4.90 Å². The Bertz CT molecular complexity index is 280. The highest BCUT2D eigenvalue weighted by atomic mass is 35.5. The summed E-state index contributed by atoms with van der Waals surface area (Å²) < 4.78 is 0. The molecular formula is C8H14ClN3O2. The summed E-state index contributed by atoms with van der Waals surface area (Å²) in [4.78, 5) is 12.7. The van der Waals surface area contributed by atoms with Crippen molar-refractivity contribution in [1.82, 2.24) is 9.91 Å². The Morgan fingerprint density at radius 2 is 2.29 bits per heavy atom. The predicted molar refractivity (Wildman–Crippen MR) is 53.4 cm³/mol. The standard InChI is InChI=1S/C8H13N3O2.ClH/c9-11-5-10-3-1-2-6(10)7(11)4-8(12)13;/h1-5,9H2,(H,12,13);1H. The van der Waals surface area contributed by atoms with Crippen molar-refractivity contribution in [2.45, 2.75) is 19.3 Å². The minimum Gasteiger partial charge on any atom is -0.481 e. The first kappa shape index (κ1) is 11.1. The van der Waals surface area contributed by atoms with Gasteiger partial charge in [0.1, 0.15) is 6.67 Å². The summed E-state index contributed by atoms with van der Waals surface area (Å²) in [6, 6.07) is 0. The Morgan fingerprint density at radius 1 is 1.57 bits per heavy atom. The number of allylic oxidation sites excluding steroid dienone is 1. The lowest BCUT2D eigenvalue weighted by atomic mass is 10.2. The van der Waals surface area contributed by atoms with E-state index in [9.17, 15) is 4.79 Å². The zero-order valence-corrected chi connectivity index (χ0v) is 8.59. The molecular weight excluding hydrogens is 206 g/mol. The predicted octanol–water partition coefficient (Wildman–Crippen LogP) is 0.337. The van der Waals surface area contributed by atoms with Crippen LogP contribution in [0, 0.1) is 0 Å². The molecule has 0 radical (unpaired) electrons. The molecule has 5 nitrogen and oxygen atoms in total. The van der Waals surface area contributed by atoms with Crippen LogP contribution >= 0.6 is 12.4 Å². The normalized spacial score (nSPS) is 19.8. The largest absolute Gasteiger partial charge is 0.481 e. The van der Waals surface area contributed by atoms with E-state index in [-0.39, 0.29) is 18.8 Å². The highest BCUT2D eigenvalue weighted by Gasteiger charge is 2.31. The van der Waals surface area contributed by atoms with Crippen LogP contribution in [0.2, 0.25) is 0 Å². The maximum atomic E-state index is 10.6. The number of hydrazine groups is 1. The van der Waals surface area contributed by atoms with E-state index in [4.69, 9.17) is 10.9 Å². The van der Waals surface area contributed by atoms with Crippen LogP contribution in [0.15, 0.2) is 11.4 Å². The summed E-state index contributed by atoms with van der Waals surface area (Å²) in [5.41, 5.74) is 1.91. The average molecular weight is 220 g/mol. The molecule has 3 N–H and O–H groups in total. The van der Waals surface area contributed by atoms with Crippen LogP contribution < -0.4 is 5.84 Å². The first-order chi connectivity index (χ1) is 6.18. The average Bonchev–Trinajstić information content (AvgIpc) is 2.55. The molecule has 2 heterocycles. The van der Waals surface area contributed by atoms with E-state index in [1.54, 1.807) is 5.01 Å². The Labute approximate surface area is 88.5 Å². The van der Waals surface area contributed by atoms with Crippen LogP contribution in [-0.4, -0.2) is 34.2 Å². The summed E-state index contributed by atoms with van der Waals surface area (Å²) >= 11 is 0. The van der Waals surface area contributed by atoms with Gasteiger partial charge in [-0.25, -0.2) is 5.84 Å². The summed E-state index contributed by atoms with van der Waals surface area (Å²) in [7, 11) is 0. The fraction of sp³-hybridized carbons (Fsp3) is 0.625. The highest BCUT2D eigenvalue weighted by molar-refractivity contribution is 5.85. The number of fused-ring (bicyclic) bond motifs is 1. The minimum atomic E-state index is -0.813. The second kappa shape index (κ2) is 4.06. The van der Waals surface area contributed by atoms with Crippen molar-refractivity contribution < 1.29 is 9.90 Å².